The molecule has 1 saturated heterocycles. The number of hydrogen-bond donors (Lipinski definition) is 0. The first-order valence-electron chi connectivity index (χ1n) is 4.71. The molecule has 0 aromatic rings. The largest absolute Gasteiger partial charge is 0.296 e. The van der Waals surface area contributed by atoms with E-state index >= 15 is 0 Å². The Balaban J connectivity index is 2.00. The predicted octanol–water partition coefficient (Wildman–Crippen LogP) is 2.01. The molecule has 0 amide bonds. The van der Waals surface area contributed by atoms with Gasteiger partial charge in [-0.1, -0.05) is 25.0 Å². The summed E-state index contributed by atoms with van der Waals surface area (Å²) in [5.74, 6) is 0. The summed E-state index contributed by atoms with van der Waals surface area (Å²) in [6.07, 6.45) is 12.5. The second-order valence-electron chi connectivity index (χ2n) is 3.53. The molecule has 0 aromatic heterocycles. The monoisotopic (exact) mass is 150 g/mol. The van der Waals surface area contributed by atoms with Crippen molar-refractivity contribution in [1.82, 2.24) is 4.90 Å². The molecular weight excluding hydrogens is 134 g/mol. The van der Waals surface area contributed by atoms with E-state index in [1.54, 1.807) is 0 Å². The van der Waals surface area contributed by atoms with Crippen LogP contribution in [0.1, 0.15) is 25.7 Å². The summed E-state index contributed by atoms with van der Waals surface area (Å²) in [6, 6.07) is 0.766. The average molecular weight is 150 g/mol. The van der Waals surface area contributed by atoms with E-state index < -0.39 is 0 Å². The summed E-state index contributed by atoms with van der Waals surface area (Å²) in [7, 11) is 0. The predicted molar refractivity (Wildman–Crippen MR) is 47.3 cm³/mol. The van der Waals surface area contributed by atoms with E-state index in [9.17, 15) is 0 Å². The van der Waals surface area contributed by atoms with Gasteiger partial charge in [-0.3, -0.25) is 4.90 Å². The van der Waals surface area contributed by atoms with Gasteiger partial charge in [-0.15, -0.1) is 0 Å². The van der Waals surface area contributed by atoms with Crippen LogP contribution in [0.4, 0.5) is 0 Å². The number of rotatable bonds is 0. The van der Waals surface area contributed by atoms with Gasteiger partial charge in [0.1, 0.15) is 0 Å². The summed E-state index contributed by atoms with van der Waals surface area (Å²) in [5.41, 5.74) is 0. The lowest BCUT2D eigenvalue weighted by molar-refractivity contribution is 0.243. The van der Waals surface area contributed by atoms with Gasteiger partial charge < -0.3 is 0 Å². The Bertz CT molecular complexity index is 135. The van der Waals surface area contributed by atoms with Crippen molar-refractivity contribution in [3.8, 4) is 0 Å². The first-order valence-corrected chi connectivity index (χ1v) is 4.71. The van der Waals surface area contributed by atoms with Crippen LogP contribution in [0, 0.1) is 6.42 Å². The summed E-state index contributed by atoms with van der Waals surface area (Å²) >= 11 is 0. The molecule has 0 N–H and O–H groups in total. The molecule has 2 aliphatic heterocycles. The fourth-order valence-electron chi connectivity index (χ4n) is 2.04. The first kappa shape index (κ1) is 7.35. The fraction of sp³-hybridized carbons (Fsp3) is 0.700. The van der Waals surface area contributed by atoms with E-state index in [-0.39, 0.29) is 0 Å². The molecule has 61 valence electrons. The Morgan fingerprint density at radius 1 is 1.18 bits per heavy atom. The van der Waals surface area contributed by atoms with E-state index in [0.29, 0.717) is 0 Å². The van der Waals surface area contributed by atoms with Gasteiger partial charge in [0.2, 0.25) is 0 Å². The topological polar surface area (TPSA) is 3.24 Å². The lowest BCUT2D eigenvalue weighted by Crippen LogP contribution is -2.37. The minimum Gasteiger partial charge on any atom is -0.296 e. The third-order valence-electron chi connectivity index (χ3n) is 2.72. The number of fused-ring (bicyclic) bond motifs is 1. The van der Waals surface area contributed by atoms with Crippen molar-refractivity contribution in [2.75, 3.05) is 13.1 Å². The molecule has 0 aromatic carbocycles. The smallest absolute Gasteiger partial charge is 0.0168 e. The molecule has 2 rings (SSSR count). The lowest BCUT2D eigenvalue weighted by Gasteiger charge is -2.30. The van der Waals surface area contributed by atoms with Gasteiger partial charge in [0.25, 0.3) is 0 Å². The Kier molecular flexibility index (Phi) is 2.27. The van der Waals surface area contributed by atoms with Crippen LogP contribution in [0.3, 0.4) is 0 Å². The maximum absolute atomic E-state index is 2.59. The number of nitrogens with zero attached hydrogens (tertiary/aromatic N) is 1. The number of hydrogen-bond acceptors (Lipinski definition) is 1. The van der Waals surface area contributed by atoms with E-state index in [4.69, 9.17) is 0 Å². The van der Waals surface area contributed by atoms with Crippen molar-refractivity contribution in [3.63, 3.8) is 0 Å². The molecule has 0 aliphatic carbocycles. The Labute approximate surface area is 69.1 Å². The zero-order valence-electron chi connectivity index (χ0n) is 7.00. The van der Waals surface area contributed by atoms with Crippen LogP contribution in [0.25, 0.3) is 0 Å². The van der Waals surface area contributed by atoms with Crippen molar-refractivity contribution in [2.45, 2.75) is 31.7 Å². The second kappa shape index (κ2) is 3.40. The van der Waals surface area contributed by atoms with Crippen LogP contribution in [0.15, 0.2) is 12.2 Å². The zero-order valence-corrected chi connectivity index (χ0v) is 7.00. The van der Waals surface area contributed by atoms with Gasteiger partial charge in [0.05, 0.1) is 0 Å². The highest BCUT2D eigenvalue weighted by molar-refractivity contribution is 5.08. The molecule has 2 heterocycles. The van der Waals surface area contributed by atoms with E-state index in [1.807, 2.05) is 0 Å². The SMILES string of the molecule is [CH]1C=CCN2CCCCCC12. The summed E-state index contributed by atoms with van der Waals surface area (Å²) < 4.78 is 0. The minimum absolute atomic E-state index is 0.766. The minimum atomic E-state index is 0.766. The van der Waals surface area contributed by atoms with E-state index in [2.05, 4.69) is 23.5 Å². The Hall–Kier alpha value is -0.300. The summed E-state index contributed by atoms with van der Waals surface area (Å²) in [5, 5.41) is 0. The maximum atomic E-state index is 2.59. The van der Waals surface area contributed by atoms with Crippen molar-refractivity contribution in [3.05, 3.63) is 18.6 Å². The molecular formula is C10H16N. The van der Waals surface area contributed by atoms with Gasteiger partial charge in [-0.25, -0.2) is 0 Å². The lowest BCUT2D eigenvalue weighted by atomic mass is 10.0. The molecule has 0 saturated carbocycles. The standard InChI is InChI=1S/C10H16N/c1-2-6-10-7-3-5-9-11(10)8-4-1/h3,5,7,10H,1-2,4,6,8-9H2. The third-order valence-corrected chi connectivity index (χ3v) is 2.72. The van der Waals surface area contributed by atoms with Gasteiger partial charge in [0.15, 0.2) is 0 Å². The van der Waals surface area contributed by atoms with Crippen LogP contribution in [-0.4, -0.2) is 24.0 Å². The zero-order chi connectivity index (χ0) is 7.52. The molecule has 1 radical (unpaired) electrons. The van der Waals surface area contributed by atoms with E-state index in [1.165, 1.54) is 38.8 Å². The fourth-order valence-corrected chi connectivity index (χ4v) is 2.04. The molecule has 2 aliphatic rings. The molecule has 1 fully saturated rings. The van der Waals surface area contributed by atoms with Gasteiger partial charge >= 0.3 is 0 Å². The van der Waals surface area contributed by atoms with E-state index in [0.717, 1.165) is 6.04 Å². The van der Waals surface area contributed by atoms with Crippen LogP contribution >= 0.6 is 0 Å². The second-order valence-corrected chi connectivity index (χ2v) is 3.53. The Morgan fingerprint density at radius 3 is 3.18 bits per heavy atom. The highest BCUT2D eigenvalue weighted by Gasteiger charge is 2.20. The quantitative estimate of drug-likeness (QED) is 0.510. The highest BCUT2D eigenvalue weighted by Crippen LogP contribution is 2.21. The van der Waals surface area contributed by atoms with Crippen LogP contribution in [-0.2, 0) is 0 Å². The molecule has 1 atom stereocenters. The molecule has 1 heteroatoms. The highest BCUT2D eigenvalue weighted by atomic mass is 15.2. The van der Waals surface area contributed by atoms with Crippen molar-refractivity contribution in [2.24, 2.45) is 0 Å². The molecule has 1 unspecified atom stereocenters. The van der Waals surface area contributed by atoms with Gasteiger partial charge in [-0.05, 0) is 19.4 Å². The average Bonchev–Trinajstić information content (AvgIpc) is 2.28. The normalized spacial score (nSPS) is 32.9. The third kappa shape index (κ3) is 1.64. The molecule has 0 bridgehead atoms. The van der Waals surface area contributed by atoms with Crippen LogP contribution in [0.2, 0.25) is 0 Å². The van der Waals surface area contributed by atoms with Crippen molar-refractivity contribution < 1.29 is 0 Å². The van der Waals surface area contributed by atoms with Crippen molar-refractivity contribution >= 4 is 0 Å². The summed E-state index contributed by atoms with van der Waals surface area (Å²) in [6.45, 7) is 2.49. The van der Waals surface area contributed by atoms with Crippen molar-refractivity contribution in [1.29, 1.82) is 0 Å². The first-order chi connectivity index (χ1) is 5.47. The van der Waals surface area contributed by atoms with Gasteiger partial charge in [-0.2, -0.15) is 0 Å². The molecule has 0 spiro atoms. The summed E-state index contributed by atoms with van der Waals surface area (Å²) in [4.78, 5) is 2.59. The van der Waals surface area contributed by atoms with Crippen LogP contribution < -0.4 is 0 Å². The molecule has 11 heavy (non-hydrogen) atoms. The Morgan fingerprint density at radius 2 is 2.18 bits per heavy atom. The van der Waals surface area contributed by atoms with Gasteiger partial charge in [0, 0.05) is 19.0 Å². The molecule has 1 nitrogen and oxygen atoms in total. The maximum Gasteiger partial charge on any atom is 0.0168 e. The van der Waals surface area contributed by atoms with Crippen LogP contribution in [0.5, 0.6) is 0 Å².